The van der Waals surface area contributed by atoms with Gasteiger partial charge in [-0.1, -0.05) is 6.07 Å². The van der Waals surface area contributed by atoms with Crippen molar-refractivity contribution in [3.8, 4) is 5.75 Å². The first kappa shape index (κ1) is 21.3. The summed E-state index contributed by atoms with van der Waals surface area (Å²) in [7, 11) is 5.79. The third kappa shape index (κ3) is 5.77. The number of hydrogen-bond donors (Lipinski definition) is 0. The van der Waals surface area contributed by atoms with E-state index < -0.39 is 0 Å². The molecule has 0 bridgehead atoms. The summed E-state index contributed by atoms with van der Waals surface area (Å²) in [5.41, 5.74) is 2.81. The van der Waals surface area contributed by atoms with E-state index in [-0.39, 0.29) is 17.9 Å². The fourth-order valence-corrected chi connectivity index (χ4v) is 3.75. The quantitative estimate of drug-likeness (QED) is 0.694. The summed E-state index contributed by atoms with van der Waals surface area (Å²) in [6.07, 6.45) is 1.56. The smallest absolute Gasteiger partial charge is 0.273 e. The maximum atomic E-state index is 12.6. The molecule has 1 fully saturated rings. The minimum Gasteiger partial charge on any atom is -0.490 e. The lowest BCUT2D eigenvalue weighted by Gasteiger charge is -2.32. The molecule has 0 atom stereocenters. The van der Waals surface area contributed by atoms with Gasteiger partial charge in [-0.2, -0.15) is 0 Å². The van der Waals surface area contributed by atoms with Gasteiger partial charge in [0.15, 0.2) is 0 Å². The average molecular weight is 417 g/mol. The summed E-state index contributed by atoms with van der Waals surface area (Å²) < 4.78 is 6.11. The summed E-state index contributed by atoms with van der Waals surface area (Å²) in [6.45, 7) is 2.78. The van der Waals surface area contributed by atoms with E-state index in [1.165, 1.54) is 11.3 Å². The SMILES string of the molecule is CN(C)CCN(C)C(=O)c1cccc(OC2CCN(C(=O)c3cscn3)CC2)c1. The molecule has 0 radical (unpaired) electrons. The van der Waals surface area contributed by atoms with E-state index in [0.29, 0.717) is 36.6 Å². The molecular weight excluding hydrogens is 388 g/mol. The average Bonchev–Trinajstić information content (AvgIpc) is 3.26. The molecular formula is C21H28N4O3S. The molecule has 0 aliphatic carbocycles. The number of likely N-dealkylation sites (tertiary alicyclic amines) is 1. The van der Waals surface area contributed by atoms with Crippen molar-refractivity contribution >= 4 is 23.2 Å². The molecule has 1 saturated heterocycles. The molecule has 1 aliphatic heterocycles. The van der Waals surface area contributed by atoms with Gasteiger partial charge in [0.25, 0.3) is 11.8 Å². The summed E-state index contributed by atoms with van der Waals surface area (Å²) >= 11 is 1.43. The second-order valence-electron chi connectivity index (χ2n) is 7.54. The van der Waals surface area contributed by atoms with Crippen molar-refractivity contribution in [3.05, 3.63) is 46.4 Å². The van der Waals surface area contributed by atoms with Crippen LogP contribution < -0.4 is 4.74 Å². The van der Waals surface area contributed by atoms with Crippen LogP contribution in [0, 0.1) is 0 Å². The van der Waals surface area contributed by atoms with Crippen LogP contribution in [0.1, 0.15) is 33.7 Å². The maximum Gasteiger partial charge on any atom is 0.273 e. The normalized spacial score (nSPS) is 14.8. The van der Waals surface area contributed by atoms with Gasteiger partial charge in [-0.15, -0.1) is 11.3 Å². The Labute approximate surface area is 175 Å². The van der Waals surface area contributed by atoms with Crippen LogP contribution in [0.25, 0.3) is 0 Å². The lowest BCUT2D eigenvalue weighted by molar-refractivity contribution is 0.0589. The molecule has 0 spiro atoms. The summed E-state index contributed by atoms with van der Waals surface area (Å²) in [5.74, 6) is 0.667. The number of amides is 2. The highest BCUT2D eigenvalue weighted by Crippen LogP contribution is 2.22. The Bertz CT molecular complexity index is 817. The number of carbonyl (C=O) groups excluding carboxylic acids is 2. The first-order valence-corrected chi connectivity index (χ1v) is 10.7. The Hall–Kier alpha value is -2.45. The molecule has 8 heteroatoms. The van der Waals surface area contributed by atoms with E-state index in [1.807, 2.05) is 44.2 Å². The number of likely N-dealkylation sites (N-methyl/N-ethyl adjacent to an activating group) is 2. The van der Waals surface area contributed by atoms with Gasteiger partial charge in [0.1, 0.15) is 17.5 Å². The van der Waals surface area contributed by atoms with Crippen molar-refractivity contribution in [2.45, 2.75) is 18.9 Å². The molecule has 7 nitrogen and oxygen atoms in total. The highest BCUT2D eigenvalue weighted by Gasteiger charge is 2.25. The molecule has 1 aliphatic rings. The number of piperidine rings is 1. The number of ether oxygens (including phenoxy) is 1. The second-order valence-corrected chi connectivity index (χ2v) is 8.26. The molecule has 2 amide bonds. The topological polar surface area (TPSA) is 66.0 Å². The highest BCUT2D eigenvalue weighted by atomic mass is 32.1. The van der Waals surface area contributed by atoms with Gasteiger partial charge < -0.3 is 19.4 Å². The van der Waals surface area contributed by atoms with Crippen LogP contribution in [-0.2, 0) is 0 Å². The van der Waals surface area contributed by atoms with E-state index in [4.69, 9.17) is 4.74 Å². The first-order chi connectivity index (χ1) is 13.9. The van der Waals surface area contributed by atoms with Gasteiger partial charge >= 0.3 is 0 Å². The van der Waals surface area contributed by atoms with Crippen molar-refractivity contribution < 1.29 is 14.3 Å². The van der Waals surface area contributed by atoms with Crippen molar-refractivity contribution in [2.75, 3.05) is 47.3 Å². The molecule has 2 heterocycles. The number of benzene rings is 1. The Morgan fingerprint density at radius 2 is 1.97 bits per heavy atom. The first-order valence-electron chi connectivity index (χ1n) is 9.78. The van der Waals surface area contributed by atoms with Crippen LogP contribution in [0.5, 0.6) is 5.75 Å². The molecule has 0 N–H and O–H groups in total. The number of rotatable bonds is 7. The van der Waals surface area contributed by atoms with Gasteiger partial charge in [0.05, 0.1) is 5.51 Å². The van der Waals surface area contributed by atoms with Crippen LogP contribution in [0.2, 0.25) is 0 Å². The number of thiazole rings is 1. The lowest BCUT2D eigenvalue weighted by Crippen LogP contribution is -2.41. The second kappa shape index (κ2) is 9.84. The van der Waals surface area contributed by atoms with Crippen molar-refractivity contribution in [3.63, 3.8) is 0 Å². The maximum absolute atomic E-state index is 12.6. The Morgan fingerprint density at radius 3 is 2.62 bits per heavy atom. The van der Waals surface area contributed by atoms with Gasteiger partial charge in [-0.25, -0.2) is 4.98 Å². The zero-order chi connectivity index (χ0) is 20.8. The lowest BCUT2D eigenvalue weighted by atomic mass is 10.1. The van der Waals surface area contributed by atoms with Gasteiger partial charge in [-0.05, 0) is 32.3 Å². The zero-order valence-corrected chi connectivity index (χ0v) is 18.0. The van der Waals surface area contributed by atoms with Crippen LogP contribution >= 0.6 is 11.3 Å². The fraction of sp³-hybridized carbons (Fsp3) is 0.476. The van der Waals surface area contributed by atoms with E-state index >= 15 is 0 Å². The van der Waals surface area contributed by atoms with Crippen molar-refractivity contribution in [1.82, 2.24) is 19.7 Å². The molecule has 156 valence electrons. The van der Waals surface area contributed by atoms with Gasteiger partial charge in [-0.3, -0.25) is 9.59 Å². The van der Waals surface area contributed by atoms with E-state index in [9.17, 15) is 9.59 Å². The van der Waals surface area contributed by atoms with E-state index in [0.717, 1.165) is 19.4 Å². The monoisotopic (exact) mass is 416 g/mol. The molecule has 3 rings (SSSR count). The number of carbonyl (C=O) groups is 2. The fourth-order valence-electron chi connectivity index (χ4n) is 3.22. The Morgan fingerprint density at radius 1 is 1.21 bits per heavy atom. The molecule has 2 aromatic rings. The Balaban J connectivity index is 1.53. The van der Waals surface area contributed by atoms with Crippen LogP contribution in [0.3, 0.4) is 0 Å². The minimum absolute atomic E-state index is 0.0130. The van der Waals surface area contributed by atoms with E-state index in [1.54, 1.807) is 21.9 Å². The van der Waals surface area contributed by atoms with Crippen LogP contribution in [0.4, 0.5) is 0 Å². The van der Waals surface area contributed by atoms with Crippen molar-refractivity contribution in [1.29, 1.82) is 0 Å². The molecule has 1 aromatic carbocycles. The predicted octanol–water partition coefficient (Wildman–Crippen LogP) is 2.46. The summed E-state index contributed by atoms with van der Waals surface area (Å²) in [4.78, 5) is 34.7. The third-order valence-corrected chi connectivity index (χ3v) is 5.58. The standard InChI is InChI=1S/C21H28N4O3S/c1-23(2)11-12-24(3)20(26)16-5-4-6-18(13-16)28-17-7-9-25(10-8-17)21(27)19-14-29-15-22-19/h4-6,13-15,17H,7-12H2,1-3H3. The predicted molar refractivity (Wildman–Crippen MR) is 114 cm³/mol. The van der Waals surface area contributed by atoms with Crippen LogP contribution in [0.15, 0.2) is 35.2 Å². The van der Waals surface area contributed by atoms with E-state index in [2.05, 4.69) is 9.88 Å². The molecule has 1 aromatic heterocycles. The number of hydrogen-bond acceptors (Lipinski definition) is 6. The summed E-state index contributed by atoms with van der Waals surface area (Å²) in [6, 6.07) is 7.35. The largest absolute Gasteiger partial charge is 0.490 e. The minimum atomic E-state index is -0.0157. The Kier molecular flexibility index (Phi) is 7.22. The zero-order valence-electron chi connectivity index (χ0n) is 17.2. The number of nitrogens with zero attached hydrogens (tertiary/aromatic N) is 4. The van der Waals surface area contributed by atoms with Crippen molar-refractivity contribution in [2.24, 2.45) is 0 Å². The third-order valence-electron chi connectivity index (χ3n) is 4.99. The van der Waals surface area contributed by atoms with Gasteiger partial charge in [0.2, 0.25) is 0 Å². The van der Waals surface area contributed by atoms with Crippen LogP contribution in [-0.4, -0.2) is 84.9 Å². The van der Waals surface area contributed by atoms with Gasteiger partial charge in [0, 0.05) is 57.0 Å². The molecule has 0 unspecified atom stereocenters. The summed E-state index contributed by atoms with van der Waals surface area (Å²) in [5, 5.41) is 1.78. The molecule has 29 heavy (non-hydrogen) atoms. The highest BCUT2D eigenvalue weighted by molar-refractivity contribution is 7.07. The molecule has 0 saturated carbocycles. The number of aromatic nitrogens is 1.